The normalized spacial score (nSPS) is 22.0. The summed E-state index contributed by atoms with van der Waals surface area (Å²) in [7, 11) is 47.3. The molecule has 0 aromatic carbocycles. The van der Waals surface area contributed by atoms with Crippen LogP contribution in [0.15, 0.2) is 37.2 Å². The van der Waals surface area contributed by atoms with E-state index < -0.39 is 0 Å². The first kappa shape index (κ1) is 72.7. The summed E-state index contributed by atoms with van der Waals surface area (Å²) in [4.78, 5) is 35.0. The Morgan fingerprint density at radius 1 is 0.457 bits per heavy atom. The molecule has 8 aliphatic rings. The molecular weight excluding hydrogens is 1840 g/mol. The molecule has 450 valence electrons. The Bertz CT molecular complexity index is 3820. The van der Waals surface area contributed by atoms with Gasteiger partial charge in [-0.15, -0.1) is 6.42 Å². The number of halogens is 3. The van der Waals surface area contributed by atoms with Gasteiger partial charge in [0.1, 0.15) is 0 Å². The average Bonchev–Trinajstić information content (AvgIpc) is 4.31. The molecule has 81 heavy (non-hydrogen) atoms. The molecule has 0 unspecified atom stereocenters. The van der Waals surface area contributed by atoms with Crippen LogP contribution < -0.4 is 20.4 Å². The molecular formula is C35H43ClI2N12O2S29. The highest BCUT2D eigenvalue weighted by Crippen LogP contribution is 2.36. The number of fused-ring (bicyclic) bond motifs is 6. The highest BCUT2D eigenvalue weighted by molar-refractivity contribution is 14.1. The monoisotopic (exact) mass is 1880 g/mol. The standard InChI is InChI=1S/C14H16N4O.C12H15IN4O.C5H10N2.C4H2ClIN2.S29/c1-2-10-4-15-14(16-5-10)18-7-11-3-12(18)6-17(11)13-8-19-9-13;13-8-2-14-12(15-3-8)17-5-9-1-10(17)4-16(9)11-6-18-7-11;1-4-2-6-5(1)3-7-4;5-4-7-1-3(6)2-8-4;1-3-5-7-9-11-13-15-17-19-21-23-25-27-29-28-26-24-22-20-18-16-14-12-10-8-6-4-2/h1,4-5,11-13H,3,6-9H2;2-3,9-11H,1,4-7H2;4-7H,1-3H2;1-2H;/t11-,12-;9-,10-;4-,5-;;/m111../s1. The Labute approximate surface area is 590 Å². The van der Waals surface area contributed by atoms with Gasteiger partial charge in [-0.05, 0) is 76.0 Å². The highest BCUT2D eigenvalue weighted by atomic mass is 127. The van der Waals surface area contributed by atoms with Crippen LogP contribution in [-0.2, 0) is 272 Å². The lowest BCUT2D eigenvalue weighted by Gasteiger charge is -2.42. The van der Waals surface area contributed by atoms with Crippen LogP contribution in [0.3, 0.4) is 0 Å². The number of anilines is 2. The van der Waals surface area contributed by atoms with Gasteiger partial charge in [0, 0.05) is 382 Å². The van der Waals surface area contributed by atoms with Crippen molar-refractivity contribution in [3.8, 4) is 12.3 Å². The number of hydrogen-bond donors (Lipinski definition) is 2. The zero-order chi connectivity index (χ0) is 56.7. The number of aromatic nitrogens is 6. The number of likely N-dealkylation sites (tertiary alicyclic amines) is 2. The molecule has 11 heterocycles. The summed E-state index contributed by atoms with van der Waals surface area (Å²) in [6.07, 6.45) is 19.7. The van der Waals surface area contributed by atoms with Gasteiger partial charge in [0.2, 0.25) is 17.2 Å². The third kappa shape index (κ3) is 27.4. The minimum atomic E-state index is 0.297. The SMILES string of the molecule is C#Cc1cnc(N2C[C@H]3C[C@@H]2CN3C2COC2)nc1.C1N[C@H]2CN[C@@H]1C2.Clc1ncc(I)cn1.Ic1cnc(N2C[C@H]3C[C@@H]2CN3C2COC2)nc1.S=S=S=S=S=S=S=S=S=S=S=S=S=S=S=S=S=S=S=S=S=S=S=S=S=S=S=S=S. The maximum Gasteiger partial charge on any atom is 0.225 e. The molecule has 0 saturated carbocycles. The van der Waals surface area contributed by atoms with Gasteiger partial charge < -0.3 is 29.9 Å². The van der Waals surface area contributed by atoms with E-state index in [0.717, 1.165) is 89.3 Å². The fourth-order valence-electron chi connectivity index (χ4n) is 8.63. The number of hydrogen-bond acceptors (Lipinski definition) is 16. The molecule has 6 bridgehead atoms. The predicted octanol–water partition coefficient (Wildman–Crippen LogP) is 1.85. The first-order valence-electron chi connectivity index (χ1n) is 22.6. The lowest BCUT2D eigenvalue weighted by Crippen LogP contribution is -2.57. The van der Waals surface area contributed by atoms with E-state index in [1.54, 1.807) is 149 Å². The fraction of sp³-hybridized carbons (Fsp3) is 0.600. The Morgan fingerprint density at radius 3 is 1.01 bits per heavy atom. The first-order chi connectivity index (χ1) is 39.8. The number of nitrogens with zero attached hydrogens (tertiary/aromatic N) is 10. The highest BCUT2D eigenvalue weighted by Gasteiger charge is 2.49. The van der Waals surface area contributed by atoms with Crippen molar-refractivity contribution in [3.05, 3.63) is 55.2 Å². The van der Waals surface area contributed by atoms with Crippen LogP contribution in [0.5, 0.6) is 0 Å². The maximum absolute atomic E-state index is 5.39. The van der Waals surface area contributed by atoms with Crippen LogP contribution in [-0.4, -0.2) is 154 Å². The summed E-state index contributed by atoms with van der Waals surface area (Å²) in [5, 5.41) is 7.08. The molecule has 3 aromatic heterocycles. The second-order valence-corrected chi connectivity index (χ2v) is 66.8. The Hall–Kier alpha value is 4.29. The molecule has 2 N–H and O–H groups in total. The molecule has 3 aromatic rings. The summed E-state index contributed by atoms with van der Waals surface area (Å²) in [6, 6.07) is 5.37. The van der Waals surface area contributed by atoms with Crippen LogP contribution in [0, 0.1) is 19.5 Å². The van der Waals surface area contributed by atoms with E-state index in [2.05, 4.69) is 111 Å². The van der Waals surface area contributed by atoms with Crippen molar-refractivity contribution in [1.82, 2.24) is 50.3 Å². The van der Waals surface area contributed by atoms with Crippen molar-refractivity contribution in [1.29, 1.82) is 0 Å². The molecule has 46 heteroatoms. The molecule has 0 radical (unpaired) electrons. The second-order valence-electron chi connectivity index (χ2n) is 16.2. The Kier molecular flexibility index (Phi) is 39.5. The largest absolute Gasteiger partial charge is 0.378 e. The summed E-state index contributed by atoms with van der Waals surface area (Å²) < 4.78 is 12.7. The third-order valence-corrected chi connectivity index (χ3v) is 70.9. The van der Waals surface area contributed by atoms with Crippen LogP contribution >= 0.6 is 56.8 Å². The van der Waals surface area contributed by atoms with Crippen LogP contribution in [0.2, 0.25) is 5.28 Å². The van der Waals surface area contributed by atoms with Crippen molar-refractivity contribution < 1.29 is 9.47 Å². The average molecular weight is 1880 g/mol. The topological polar surface area (TPSA) is 133 Å². The van der Waals surface area contributed by atoms with E-state index in [1.807, 2.05) is 110 Å². The van der Waals surface area contributed by atoms with E-state index in [1.165, 1.54) is 50.1 Å². The van der Waals surface area contributed by atoms with Gasteiger partial charge in [0.05, 0.1) is 44.1 Å². The minimum Gasteiger partial charge on any atom is -0.378 e. The van der Waals surface area contributed by atoms with Crippen molar-refractivity contribution in [2.24, 2.45) is 0 Å². The molecule has 11 rings (SSSR count). The van der Waals surface area contributed by atoms with Crippen molar-refractivity contribution in [3.63, 3.8) is 0 Å². The van der Waals surface area contributed by atoms with Gasteiger partial charge in [0.25, 0.3) is 0 Å². The number of ether oxygens (including phenoxy) is 2. The van der Waals surface area contributed by atoms with Gasteiger partial charge >= 0.3 is 0 Å². The van der Waals surface area contributed by atoms with Crippen LogP contribution in [0.4, 0.5) is 11.9 Å². The zero-order valence-corrected chi connectivity index (χ0v) is 69.4. The van der Waals surface area contributed by atoms with E-state index in [-0.39, 0.29) is 0 Å². The van der Waals surface area contributed by atoms with Gasteiger partial charge in [-0.25, -0.2) is 29.9 Å². The van der Waals surface area contributed by atoms with Crippen LogP contribution in [0.1, 0.15) is 24.8 Å². The summed E-state index contributed by atoms with van der Waals surface area (Å²) in [6.45, 7) is 10.4. The quantitative estimate of drug-likeness (QED) is 0.224. The number of piperazine rings is 3. The Morgan fingerprint density at radius 2 is 0.778 bits per heavy atom. The van der Waals surface area contributed by atoms with Crippen LogP contribution in [0.25, 0.3) is 0 Å². The lowest BCUT2D eigenvalue weighted by atomic mass is 10.2. The fourth-order valence-corrected chi connectivity index (χ4v) is 77.9. The van der Waals surface area contributed by atoms with Gasteiger partial charge in [-0.3, -0.25) is 9.80 Å². The first-order valence-corrected chi connectivity index (χ1v) is 62.5. The molecule has 8 fully saturated rings. The summed E-state index contributed by atoms with van der Waals surface area (Å²) in [5.74, 6) is 4.26. The lowest BCUT2D eigenvalue weighted by molar-refractivity contribution is -0.0708. The molecule has 8 aliphatic heterocycles. The van der Waals surface area contributed by atoms with E-state index >= 15 is 0 Å². The van der Waals surface area contributed by atoms with E-state index in [4.69, 9.17) is 49.9 Å². The second kappa shape index (κ2) is 44.0. The Balaban J connectivity index is 0.000000157. The molecule has 8 saturated heterocycles. The van der Waals surface area contributed by atoms with Gasteiger partial charge in [-0.1, -0.05) is 5.92 Å². The van der Waals surface area contributed by atoms with Gasteiger partial charge in [-0.2, -0.15) is 0 Å². The predicted molar refractivity (Wildman–Crippen MR) is 428 cm³/mol. The molecule has 6 atom stereocenters. The van der Waals surface area contributed by atoms with E-state index in [0.29, 0.717) is 41.5 Å². The number of rotatable bonds is 4. The number of nitrogens with one attached hydrogen (secondary N) is 2. The van der Waals surface area contributed by atoms with E-state index in [9.17, 15) is 0 Å². The molecule has 0 amide bonds. The van der Waals surface area contributed by atoms with Crippen molar-refractivity contribution in [2.45, 2.75) is 67.6 Å². The maximum atomic E-state index is 5.39. The number of terminal acetylenes is 1. The minimum absolute atomic E-state index is 0.297. The van der Waals surface area contributed by atoms with Crippen molar-refractivity contribution >= 4 is 331 Å². The molecule has 14 nitrogen and oxygen atoms in total. The van der Waals surface area contributed by atoms with Gasteiger partial charge in [0.15, 0.2) is 0 Å². The molecule has 0 aliphatic carbocycles. The third-order valence-electron chi connectivity index (χ3n) is 11.9. The zero-order valence-electron chi connectivity index (χ0n) is 40.6. The van der Waals surface area contributed by atoms with Crippen molar-refractivity contribution in [2.75, 3.05) is 75.5 Å². The summed E-state index contributed by atoms with van der Waals surface area (Å²) in [5.41, 5.74) is 0.737. The summed E-state index contributed by atoms with van der Waals surface area (Å²) >= 11 is 19.3. The molecule has 0 spiro atoms. The smallest absolute Gasteiger partial charge is 0.225 e.